The van der Waals surface area contributed by atoms with Crippen LogP contribution in [0.4, 0.5) is 5.13 Å². The first-order valence-electron chi connectivity index (χ1n) is 11.4. The summed E-state index contributed by atoms with van der Waals surface area (Å²) in [6.07, 6.45) is 1.63. The van der Waals surface area contributed by atoms with Gasteiger partial charge in [-0.05, 0) is 46.8 Å². The molecule has 1 aliphatic heterocycles. The molecule has 0 saturated carbocycles. The lowest BCUT2D eigenvalue weighted by Gasteiger charge is -2.24. The third kappa shape index (κ3) is 5.39. The molecule has 38 heavy (non-hydrogen) atoms. The van der Waals surface area contributed by atoms with Gasteiger partial charge >= 0.3 is 0 Å². The van der Waals surface area contributed by atoms with Crippen molar-refractivity contribution in [3.05, 3.63) is 111 Å². The topological polar surface area (TPSA) is 92.6 Å². The molecule has 1 amide bonds. The predicted octanol–water partition coefficient (Wildman–Crippen LogP) is 6.89. The number of aliphatic hydroxyl groups is 1. The van der Waals surface area contributed by atoms with E-state index in [2.05, 4.69) is 16.8 Å². The minimum Gasteiger partial charge on any atom is -0.503 e. The summed E-state index contributed by atoms with van der Waals surface area (Å²) in [6, 6.07) is 17.1. The van der Waals surface area contributed by atoms with Crippen molar-refractivity contribution < 1.29 is 19.4 Å². The molecule has 11 heteroatoms. The van der Waals surface area contributed by atoms with E-state index >= 15 is 0 Å². The van der Waals surface area contributed by atoms with Gasteiger partial charge in [-0.1, -0.05) is 77.7 Å². The molecule has 1 atom stereocenters. The van der Waals surface area contributed by atoms with Gasteiger partial charge in [0, 0.05) is 10.8 Å². The molecule has 0 radical (unpaired) electrons. The maximum Gasteiger partial charge on any atom is 0.296 e. The van der Waals surface area contributed by atoms with Gasteiger partial charge in [0.2, 0.25) is 10.9 Å². The Kier molecular flexibility index (Phi) is 7.94. The Morgan fingerprint density at radius 1 is 1.18 bits per heavy atom. The number of hydrogen-bond donors (Lipinski definition) is 1. The molecule has 0 saturated heterocycles. The van der Waals surface area contributed by atoms with Crippen molar-refractivity contribution >= 4 is 62.9 Å². The first-order chi connectivity index (χ1) is 18.5. The lowest BCUT2D eigenvalue weighted by Crippen LogP contribution is -2.31. The largest absolute Gasteiger partial charge is 0.503 e. The van der Waals surface area contributed by atoms with Crippen molar-refractivity contribution in [3.63, 3.8) is 0 Å². The van der Waals surface area contributed by atoms with Gasteiger partial charge in [0.1, 0.15) is 12.4 Å². The molecule has 0 aliphatic carbocycles. The molecule has 1 aliphatic rings. The third-order valence-electron chi connectivity index (χ3n) is 5.62. The minimum atomic E-state index is -0.911. The molecule has 4 aromatic rings. The Morgan fingerprint density at radius 2 is 2.00 bits per heavy atom. The molecule has 0 spiro atoms. The second kappa shape index (κ2) is 11.5. The Balaban J connectivity index is 1.49. The van der Waals surface area contributed by atoms with Crippen LogP contribution in [0.15, 0.2) is 94.4 Å². The molecule has 1 N–H and O–H groups in total. The van der Waals surface area contributed by atoms with E-state index in [1.807, 2.05) is 24.3 Å². The number of amides is 1. The number of benzene rings is 2. The van der Waals surface area contributed by atoms with Crippen LogP contribution >= 0.6 is 46.0 Å². The van der Waals surface area contributed by atoms with Crippen LogP contribution in [0, 0.1) is 0 Å². The number of ketones is 1. The van der Waals surface area contributed by atoms with E-state index in [-0.39, 0.29) is 10.7 Å². The maximum atomic E-state index is 13.5. The van der Waals surface area contributed by atoms with Gasteiger partial charge in [0.25, 0.3) is 5.91 Å². The number of thiophene rings is 1. The maximum absolute atomic E-state index is 13.5. The minimum absolute atomic E-state index is 0.0103. The lowest BCUT2D eigenvalue weighted by molar-refractivity contribution is -0.117. The molecule has 1 unspecified atom stereocenters. The van der Waals surface area contributed by atoms with Crippen molar-refractivity contribution in [3.8, 4) is 5.75 Å². The summed E-state index contributed by atoms with van der Waals surface area (Å²) >= 11 is 9.90. The van der Waals surface area contributed by atoms with Gasteiger partial charge in [-0.15, -0.1) is 21.5 Å². The number of nitrogens with zero attached hydrogens (tertiary/aromatic N) is 3. The number of rotatable bonds is 10. The summed E-state index contributed by atoms with van der Waals surface area (Å²) in [6.45, 7) is 3.96. The second-order valence-corrected chi connectivity index (χ2v) is 11.6. The Labute approximate surface area is 236 Å². The Morgan fingerprint density at radius 3 is 2.74 bits per heavy atom. The summed E-state index contributed by atoms with van der Waals surface area (Å²) < 4.78 is 6.32. The number of Topliss-reactive ketones (excluding diaryl/α,β-unsaturated/α-hetero) is 1. The average molecular weight is 582 g/mol. The summed E-state index contributed by atoms with van der Waals surface area (Å²) in [5.74, 6) is -0.551. The van der Waals surface area contributed by atoms with Crippen molar-refractivity contribution in [2.45, 2.75) is 16.1 Å². The fraction of sp³-hybridized carbons (Fsp3) is 0.111. The Bertz CT molecular complexity index is 1520. The van der Waals surface area contributed by atoms with Crippen molar-refractivity contribution in [1.82, 2.24) is 10.2 Å². The van der Waals surface area contributed by atoms with E-state index < -0.39 is 23.5 Å². The summed E-state index contributed by atoms with van der Waals surface area (Å²) in [5.41, 5.74) is 1.64. The molecule has 0 fully saturated rings. The average Bonchev–Trinajstić information content (AvgIpc) is 3.68. The van der Waals surface area contributed by atoms with Crippen molar-refractivity contribution in [2.75, 3.05) is 11.5 Å². The third-order valence-corrected chi connectivity index (χ3v) is 8.86. The highest BCUT2D eigenvalue weighted by atomic mass is 35.5. The normalized spacial score (nSPS) is 15.2. The van der Waals surface area contributed by atoms with Gasteiger partial charge in [0.05, 0.1) is 16.5 Å². The predicted molar refractivity (Wildman–Crippen MR) is 152 cm³/mol. The standard InChI is InChI=1S/C27H20ClN3O4S3/c1-2-12-35-19-6-3-5-17(14-19)22-21(23(32)20-7-4-13-36-20)24(33)25(34)31(22)26-29-30-27(38-26)37-15-16-8-10-18(28)11-9-16/h2-11,13-14,22,33H,1,12,15H2. The number of thioether (sulfide) groups is 1. The molecular weight excluding hydrogens is 562 g/mol. The number of aliphatic hydroxyl groups excluding tert-OH is 1. The van der Waals surface area contributed by atoms with E-state index in [4.69, 9.17) is 16.3 Å². The zero-order valence-corrected chi connectivity index (χ0v) is 22.9. The first-order valence-corrected chi connectivity index (χ1v) is 14.4. The quantitative estimate of drug-likeness (QED) is 0.0943. The molecular formula is C27H20ClN3O4S3. The van der Waals surface area contributed by atoms with Crippen molar-refractivity contribution in [2.24, 2.45) is 0 Å². The lowest BCUT2D eigenvalue weighted by atomic mass is 9.95. The van der Waals surface area contributed by atoms with Gasteiger partial charge in [-0.3, -0.25) is 14.5 Å². The summed E-state index contributed by atoms with van der Waals surface area (Å²) in [4.78, 5) is 28.6. The monoisotopic (exact) mass is 581 g/mol. The van der Waals surface area contributed by atoms with Gasteiger partial charge in [-0.25, -0.2) is 0 Å². The fourth-order valence-corrected chi connectivity index (χ4v) is 6.53. The zero-order valence-electron chi connectivity index (χ0n) is 19.7. The van der Waals surface area contributed by atoms with Gasteiger partial charge < -0.3 is 9.84 Å². The fourth-order valence-electron chi connectivity index (χ4n) is 3.90. The highest BCUT2D eigenvalue weighted by Gasteiger charge is 2.46. The van der Waals surface area contributed by atoms with Crippen LogP contribution in [0.5, 0.6) is 5.75 Å². The molecule has 2 aromatic carbocycles. The second-order valence-electron chi connectivity index (χ2n) is 8.08. The molecule has 7 nitrogen and oxygen atoms in total. The number of hydrogen-bond acceptors (Lipinski definition) is 9. The number of anilines is 1. The molecule has 192 valence electrons. The summed E-state index contributed by atoms with van der Waals surface area (Å²) in [5, 5.41) is 22.2. The number of carbonyl (C=O) groups excluding carboxylic acids is 2. The van der Waals surface area contributed by atoms with Gasteiger partial charge in [-0.2, -0.15) is 0 Å². The van der Waals surface area contributed by atoms with E-state index in [9.17, 15) is 14.7 Å². The van der Waals surface area contributed by atoms with Crippen LogP contribution in [0.3, 0.4) is 0 Å². The number of carbonyl (C=O) groups is 2. The molecule has 0 bridgehead atoms. The van der Waals surface area contributed by atoms with Crippen LogP contribution in [0.25, 0.3) is 0 Å². The van der Waals surface area contributed by atoms with Crippen LogP contribution in [-0.2, 0) is 10.5 Å². The molecule has 2 aromatic heterocycles. The molecule has 5 rings (SSSR count). The van der Waals surface area contributed by atoms with Crippen LogP contribution in [-0.4, -0.2) is 33.6 Å². The van der Waals surface area contributed by atoms with E-state index in [1.54, 1.807) is 47.9 Å². The SMILES string of the molecule is C=CCOc1cccc(C2C(C(=O)c3cccs3)=C(O)C(=O)N2c2nnc(SCc3ccc(Cl)cc3)s2)c1. The van der Waals surface area contributed by atoms with Crippen LogP contribution in [0.1, 0.15) is 26.8 Å². The molecule has 3 heterocycles. The smallest absolute Gasteiger partial charge is 0.296 e. The van der Waals surface area contributed by atoms with Crippen LogP contribution < -0.4 is 9.64 Å². The van der Waals surface area contributed by atoms with E-state index in [0.717, 1.165) is 5.56 Å². The van der Waals surface area contributed by atoms with E-state index in [0.29, 0.717) is 37.9 Å². The van der Waals surface area contributed by atoms with Gasteiger partial charge in [0.15, 0.2) is 10.1 Å². The Hall–Kier alpha value is -3.44. The zero-order chi connectivity index (χ0) is 26.6. The summed E-state index contributed by atoms with van der Waals surface area (Å²) in [7, 11) is 0. The highest BCUT2D eigenvalue weighted by Crippen LogP contribution is 2.44. The number of ether oxygens (including phenoxy) is 1. The van der Waals surface area contributed by atoms with Crippen molar-refractivity contribution in [1.29, 1.82) is 0 Å². The highest BCUT2D eigenvalue weighted by molar-refractivity contribution is 8.00. The number of aromatic nitrogens is 2. The van der Waals surface area contributed by atoms with E-state index in [1.165, 1.54) is 39.3 Å². The van der Waals surface area contributed by atoms with Crippen LogP contribution in [0.2, 0.25) is 5.02 Å². The number of halogens is 1. The first kappa shape index (κ1) is 26.2.